The van der Waals surface area contributed by atoms with Crippen LogP contribution in [0.25, 0.3) is 34.4 Å². The molecule has 0 atom stereocenters. The van der Waals surface area contributed by atoms with Gasteiger partial charge in [0.2, 0.25) is 0 Å². The van der Waals surface area contributed by atoms with Crippen LogP contribution in [0.1, 0.15) is 33.4 Å². The van der Waals surface area contributed by atoms with Crippen molar-refractivity contribution >= 4 is 58.3 Å². The van der Waals surface area contributed by atoms with Crippen molar-refractivity contribution in [3.8, 4) is 28.4 Å². The Labute approximate surface area is 396 Å². The molecule has 0 bridgehead atoms. The summed E-state index contributed by atoms with van der Waals surface area (Å²) in [5.41, 5.74) is 12.7. The SMILES string of the molecule is C=CC(=O)Oc1ccc(C(=Cc2ccc(N(c3ccc(C=C(c4ccc(OC(=O)C=C)cc4)c4ccc(OC(=O)C=C)cc4)cc3)c3ccc(-c4ccccc4)cc3)cc2)c2ccccc2)cc1. The van der Waals surface area contributed by atoms with Gasteiger partial charge in [-0.1, -0.05) is 153 Å². The molecule has 8 aromatic carbocycles. The van der Waals surface area contributed by atoms with Gasteiger partial charge in [0.1, 0.15) is 17.2 Å². The quantitative estimate of drug-likeness (QED) is 0.0414. The molecular weight excluding hydrogens is 843 g/mol. The summed E-state index contributed by atoms with van der Waals surface area (Å²) >= 11 is 0. The highest BCUT2D eigenvalue weighted by molar-refractivity contribution is 5.94. The van der Waals surface area contributed by atoms with Crippen LogP contribution >= 0.6 is 0 Å². The van der Waals surface area contributed by atoms with Gasteiger partial charge in [-0.15, -0.1) is 0 Å². The van der Waals surface area contributed by atoms with E-state index in [0.717, 1.165) is 90.9 Å². The van der Waals surface area contributed by atoms with E-state index in [1.54, 1.807) is 36.4 Å². The van der Waals surface area contributed by atoms with Crippen molar-refractivity contribution in [3.05, 3.63) is 278 Å². The number of ether oxygens (including phenoxy) is 3. The Kier molecular flexibility index (Phi) is 14.3. The van der Waals surface area contributed by atoms with Crippen LogP contribution in [0.2, 0.25) is 0 Å². The number of anilines is 3. The van der Waals surface area contributed by atoms with E-state index in [1.807, 2.05) is 72.8 Å². The van der Waals surface area contributed by atoms with Crippen molar-refractivity contribution in [2.24, 2.45) is 0 Å². The van der Waals surface area contributed by atoms with E-state index < -0.39 is 17.9 Å². The van der Waals surface area contributed by atoms with Crippen molar-refractivity contribution in [2.45, 2.75) is 0 Å². The largest absolute Gasteiger partial charge is 0.423 e. The third-order valence-electron chi connectivity index (χ3n) is 10.9. The van der Waals surface area contributed by atoms with Crippen molar-refractivity contribution in [1.82, 2.24) is 0 Å². The Balaban J connectivity index is 1.15. The van der Waals surface area contributed by atoms with Crippen LogP contribution < -0.4 is 19.1 Å². The molecule has 0 spiro atoms. The molecular formula is C61H45NO6. The maximum atomic E-state index is 11.9. The van der Waals surface area contributed by atoms with Gasteiger partial charge < -0.3 is 19.1 Å². The van der Waals surface area contributed by atoms with E-state index in [1.165, 1.54) is 0 Å². The van der Waals surface area contributed by atoms with E-state index in [0.29, 0.717) is 17.2 Å². The Bertz CT molecular complexity index is 3050. The summed E-state index contributed by atoms with van der Waals surface area (Å²) in [6.07, 6.45) is 7.63. The summed E-state index contributed by atoms with van der Waals surface area (Å²) in [4.78, 5) is 37.9. The molecule has 330 valence electrons. The van der Waals surface area contributed by atoms with Crippen molar-refractivity contribution in [3.63, 3.8) is 0 Å². The summed E-state index contributed by atoms with van der Waals surface area (Å²) < 4.78 is 16.0. The fraction of sp³-hybridized carbons (Fsp3) is 0. The number of hydrogen-bond donors (Lipinski definition) is 0. The molecule has 8 rings (SSSR count). The zero-order valence-electron chi connectivity index (χ0n) is 37.0. The average Bonchev–Trinajstić information content (AvgIpc) is 3.39. The molecule has 0 aliphatic carbocycles. The molecule has 0 heterocycles. The molecule has 0 fully saturated rings. The molecule has 0 radical (unpaired) electrons. The third-order valence-corrected chi connectivity index (χ3v) is 10.9. The van der Waals surface area contributed by atoms with Gasteiger partial charge in [0.05, 0.1) is 0 Å². The van der Waals surface area contributed by atoms with E-state index in [9.17, 15) is 14.4 Å². The van der Waals surface area contributed by atoms with Gasteiger partial charge in [-0.05, 0) is 141 Å². The first kappa shape index (κ1) is 45.2. The first-order valence-electron chi connectivity index (χ1n) is 21.8. The number of carbonyl (C=O) groups is 3. The number of hydrogen-bond acceptors (Lipinski definition) is 7. The van der Waals surface area contributed by atoms with Gasteiger partial charge >= 0.3 is 17.9 Å². The molecule has 0 N–H and O–H groups in total. The van der Waals surface area contributed by atoms with Crippen LogP contribution in [0.5, 0.6) is 17.2 Å². The lowest BCUT2D eigenvalue weighted by Crippen LogP contribution is -2.09. The minimum absolute atomic E-state index is 0.395. The third kappa shape index (κ3) is 11.3. The molecule has 8 aromatic rings. The van der Waals surface area contributed by atoms with Crippen LogP contribution in [0.4, 0.5) is 17.1 Å². The van der Waals surface area contributed by atoms with Crippen molar-refractivity contribution in [2.75, 3.05) is 4.90 Å². The predicted molar refractivity (Wildman–Crippen MR) is 274 cm³/mol. The molecule has 0 unspecified atom stereocenters. The average molecular weight is 888 g/mol. The van der Waals surface area contributed by atoms with Gasteiger partial charge in [-0.3, -0.25) is 0 Å². The fourth-order valence-electron chi connectivity index (χ4n) is 7.52. The topological polar surface area (TPSA) is 82.1 Å². The number of benzene rings is 8. The van der Waals surface area contributed by atoms with Crippen LogP contribution in [0, 0.1) is 0 Å². The molecule has 7 heteroatoms. The zero-order valence-corrected chi connectivity index (χ0v) is 37.0. The summed E-state index contributed by atoms with van der Waals surface area (Å²) in [6, 6.07) is 67.8. The highest BCUT2D eigenvalue weighted by Crippen LogP contribution is 2.38. The van der Waals surface area contributed by atoms with Gasteiger partial charge in [-0.2, -0.15) is 0 Å². The smallest absolute Gasteiger partial charge is 0.335 e. The Morgan fingerprint density at radius 3 is 0.971 bits per heavy atom. The first-order chi connectivity index (χ1) is 33.3. The summed E-state index contributed by atoms with van der Waals surface area (Å²) in [7, 11) is 0. The minimum atomic E-state index is -0.543. The van der Waals surface area contributed by atoms with E-state index in [4.69, 9.17) is 14.2 Å². The maximum absolute atomic E-state index is 11.9. The van der Waals surface area contributed by atoms with Gasteiger partial charge in [0.25, 0.3) is 0 Å². The summed E-state index contributed by atoms with van der Waals surface area (Å²) in [5.74, 6) is -0.365. The molecule has 0 amide bonds. The number of esters is 3. The Morgan fingerprint density at radius 1 is 0.338 bits per heavy atom. The van der Waals surface area contributed by atoms with Crippen molar-refractivity contribution < 1.29 is 28.6 Å². The lowest BCUT2D eigenvalue weighted by atomic mass is 9.95. The van der Waals surface area contributed by atoms with Crippen LogP contribution in [-0.4, -0.2) is 17.9 Å². The maximum Gasteiger partial charge on any atom is 0.335 e. The van der Waals surface area contributed by atoms with Crippen LogP contribution in [-0.2, 0) is 14.4 Å². The Morgan fingerprint density at radius 2 is 0.632 bits per heavy atom. The van der Waals surface area contributed by atoms with Gasteiger partial charge in [0, 0.05) is 35.3 Å². The molecule has 68 heavy (non-hydrogen) atoms. The summed E-state index contributed by atoms with van der Waals surface area (Å²) in [6.45, 7) is 10.5. The number of nitrogens with zero attached hydrogens (tertiary/aromatic N) is 1. The highest BCUT2D eigenvalue weighted by Gasteiger charge is 2.15. The lowest BCUT2D eigenvalue weighted by molar-refractivity contribution is -0.129. The molecule has 0 aliphatic heterocycles. The summed E-state index contributed by atoms with van der Waals surface area (Å²) in [5, 5.41) is 0. The molecule has 0 aromatic heterocycles. The first-order valence-corrected chi connectivity index (χ1v) is 21.8. The standard InChI is InChI=1S/C61H45NO6/c1-4-59(63)66-54-35-23-48(24-36-54)57(47-15-11-8-12-16-47)41-43-17-29-51(30-18-43)62(53-33-21-46(22-34-53)45-13-9-7-10-14-45)52-31-19-44(20-32-52)42-58(49-25-37-55(38-26-49)67-60(64)5-2)50-27-39-56(40-28-50)68-61(65)6-3/h4-42H,1-3H2. The molecule has 0 saturated carbocycles. The van der Waals surface area contributed by atoms with Crippen LogP contribution in [0.3, 0.4) is 0 Å². The molecule has 0 aliphatic rings. The second-order valence-electron chi connectivity index (χ2n) is 15.4. The van der Waals surface area contributed by atoms with Crippen LogP contribution in [0.15, 0.2) is 244 Å². The van der Waals surface area contributed by atoms with Gasteiger partial charge in [-0.25, -0.2) is 14.4 Å². The van der Waals surface area contributed by atoms with E-state index in [2.05, 4.69) is 134 Å². The molecule has 0 saturated heterocycles. The fourth-order valence-corrected chi connectivity index (χ4v) is 7.52. The second-order valence-corrected chi connectivity index (χ2v) is 15.4. The normalized spacial score (nSPS) is 10.8. The lowest BCUT2D eigenvalue weighted by Gasteiger charge is -2.26. The zero-order chi connectivity index (χ0) is 47.2. The van der Waals surface area contributed by atoms with E-state index in [-0.39, 0.29) is 0 Å². The Hall–Kier alpha value is -9.33. The monoisotopic (exact) mass is 887 g/mol. The van der Waals surface area contributed by atoms with Crippen molar-refractivity contribution in [1.29, 1.82) is 0 Å². The number of rotatable bonds is 16. The second kappa shape index (κ2) is 21.6. The molecule has 7 nitrogen and oxygen atoms in total. The van der Waals surface area contributed by atoms with E-state index >= 15 is 0 Å². The van der Waals surface area contributed by atoms with Gasteiger partial charge in [0.15, 0.2) is 0 Å². The number of carbonyl (C=O) groups excluding carboxylic acids is 3. The predicted octanol–water partition coefficient (Wildman–Crippen LogP) is 14.3. The highest BCUT2D eigenvalue weighted by atomic mass is 16.5. The minimum Gasteiger partial charge on any atom is -0.423 e.